The van der Waals surface area contributed by atoms with Crippen molar-refractivity contribution in [3.8, 4) is 0 Å². The van der Waals surface area contributed by atoms with Crippen molar-refractivity contribution in [1.82, 2.24) is 9.19 Å². The maximum absolute atomic E-state index is 11.3. The zero-order chi connectivity index (χ0) is 12.8. The number of rotatable bonds is 8. The van der Waals surface area contributed by atoms with Gasteiger partial charge in [0.2, 0.25) is 5.91 Å². The van der Waals surface area contributed by atoms with E-state index < -0.39 is 28.7 Å². The van der Waals surface area contributed by atoms with Crippen LogP contribution in [0.15, 0.2) is 0 Å². The van der Waals surface area contributed by atoms with Gasteiger partial charge in [0.1, 0.15) is 6.61 Å². The summed E-state index contributed by atoms with van der Waals surface area (Å²) in [5.74, 6) is -1.96. The lowest BCUT2D eigenvalue weighted by Gasteiger charge is -2.15. The van der Waals surface area contributed by atoms with Crippen LogP contribution in [-0.2, 0) is 24.6 Å². The average Bonchev–Trinajstić information content (AvgIpc) is 2.12. The molecule has 94 valence electrons. The van der Waals surface area contributed by atoms with Crippen molar-refractivity contribution in [2.45, 2.75) is 6.42 Å². The van der Waals surface area contributed by atoms with Crippen LogP contribution in [0.4, 0.5) is 0 Å². The maximum Gasteiger partial charge on any atom is 0.304 e. The van der Waals surface area contributed by atoms with E-state index in [1.807, 2.05) is 0 Å². The Hall–Kier alpha value is -1.23. The van der Waals surface area contributed by atoms with Crippen LogP contribution in [-0.4, -0.2) is 49.9 Å². The van der Waals surface area contributed by atoms with Crippen molar-refractivity contribution in [3.63, 3.8) is 0 Å². The van der Waals surface area contributed by atoms with E-state index in [2.05, 4.69) is 4.84 Å². The van der Waals surface area contributed by atoms with Crippen molar-refractivity contribution in [2.24, 2.45) is 5.73 Å². The molecule has 0 aromatic heterocycles. The Kier molecular flexibility index (Phi) is 5.88. The Morgan fingerprint density at radius 3 is 2.50 bits per heavy atom. The first-order chi connectivity index (χ1) is 7.25. The van der Waals surface area contributed by atoms with Gasteiger partial charge in [-0.2, -0.15) is 12.7 Å². The van der Waals surface area contributed by atoms with E-state index in [1.54, 1.807) is 4.89 Å². The zero-order valence-electron chi connectivity index (χ0n) is 8.54. The fourth-order valence-electron chi connectivity index (χ4n) is 0.612. The molecule has 16 heavy (non-hydrogen) atoms. The van der Waals surface area contributed by atoms with Gasteiger partial charge in [-0.15, -0.1) is 0 Å². The van der Waals surface area contributed by atoms with Crippen LogP contribution >= 0.6 is 0 Å². The lowest BCUT2D eigenvalue weighted by molar-refractivity contribution is -0.137. The predicted molar refractivity (Wildman–Crippen MR) is 52.1 cm³/mol. The van der Waals surface area contributed by atoms with Crippen LogP contribution < -0.4 is 10.6 Å². The molecule has 9 nitrogen and oxygen atoms in total. The van der Waals surface area contributed by atoms with Gasteiger partial charge in [-0.05, 0) is 0 Å². The van der Waals surface area contributed by atoms with Gasteiger partial charge in [0.15, 0.2) is 0 Å². The van der Waals surface area contributed by atoms with E-state index >= 15 is 0 Å². The Labute approximate surface area is 92.3 Å². The van der Waals surface area contributed by atoms with Gasteiger partial charge in [0.05, 0.1) is 6.42 Å². The molecule has 1 amide bonds. The fraction of sp³-hybridized carbons (Fsp3) is 0.667. The number of nitrogens with one attached hydrogen (secondary N) is 1. The summed E-state index contributed by atoms with van der Waals surface area (Å²) in [6.45, 7) is -0.823. The quantitative estimate of drug-likeness (QED) is 0.415. The number of aliphatic carboxylic acids is 1. The first-order valence-corrected chi connectivity index (χ1v) is 5.54. The van der Waals surface area contributed by atoms with Crippen molar-refractivity contribution in [3.05, 3.63) is 0 Å². The van der Waals surface area contributed by atoms with Crippen LogP contribution in [0.1, 0.15) is 6.42 Å². The van der Waals surface area contributed by atoms with E-state index in [1.165, 1.54) is 7.05 Å². The normalized spacial score (nSPS) is 11.6. The molecule has 0 aromatic rings. The third kappa shape index (κ3) is 6.29. The molecule has 0 bridgehead atoms. The molecule has 0 spiro atoms. The molecule has 0 aliphatic carbocycles. The summed E-state index contributed by atoms with van der Waals surface area (Å²) in [5, 5.41) is 8.34. The highest BCUT2D eigenvalue weighted by Crippen LogP contribution is 1.95. The predicted octanol–water partition coefficient (Wildman–Crippen LogP) is -2.36. The number of carbonyl (C=O) groups excluding carboxylic acids is 1. The van der Waals surface area contributed by atoms with Crippen molar-refractivity contribution < 1.29 is 28.0 Å². The number of hydrogen-bond acceptors (Lipinski definition) is 5. The summed E-state index contributed by atoms with van der Waals surface area (Å²) in [5.41, 5.74) is 4.71. The summed E-state index contributed by atoms with van der Waals surface area (Å²) < 4.78 is 23.3. The number of carbonyl (C=O) groups is 2. The molecule has 0 aliphatic heterocycles. The summed E-state index contributed by atoms with van der Waals surface area (Å²) in [6, 6.07) is 0. The van der Waals surface area contributed by atoms with Crippen LogP contribution in [0.5, 0.6) is 0 Å². The first kappa shape index (κ1) is 14.8. The third-order valence-electron chi connectivity index (χ3n) is 1.43. The number of amides is 1. The van der Waals surface area contributed by atoms with Gasteiger partial charge in [-0.1, -0.05) is 4.89 Å². The highest BCUT2D eigenvalue weighted by atomic mass is 32.2. The largest absolute Gasteiger partial charge is 0.481 e. The van der Waals surface area contributed by atoms with Crippen LogP contribution in [0.25, 0.3) is 0 Å². The van der Waals surface area contributed by atoms with Gasteiger partial charge in [0, 0.05) is 13.6 Å². The van der Waals surface area contributed by atoms with Gasteiger partial charge >= 0.3 is 16.2 Å². The van der Waals surface area contributed by atoms with Crippen LogP contribution in [0.2, 0.25) is 0 Å². The van der Waals surface area contributed by atoms with E-state index in [9.17, 15) is 18.0 Å². The Balaban J connectivity index is 4.10. The third-order valence-corrected chi connectivity index (χ3v) is 2.76. The first-order valence-electron chi connectivity index (χ1n) is 4.10. The molecular formula is C6H13N3O6S. The minimum atomic E-state index is -3.96. The second kappa shape index (κ2) is 6.37. The minimum absolute atomic E-state index is 0.218. The van der Waals surface area contributed by atoms with E-state index in [0.717, 1.165) is 4.31 Å². The maximum atomic E-state index is 11.3. The summed E-state index contributed by atoms with van der Waals surface area (Å²) in [7, 11) is -2.80. The lowest BCUT2D eigenvalue weighted by Crippen LogP contribution is -2.40. The highest BCUT2D eigenvalue weighted by Gasteiger charge is 2.18. The van der Waals surface area contributed by atoms with Gasteiger partial charge < -0.3 is 10.8 Å². The van der Waals surface area contributed by atoms with Crippen LogP contribution in [0, 0.1) is 0 Å². The Morgan fingerprint density at radius 2 is 2.06 bits per heavy atom. The number of nitrogens with two attached hydrogens (primary N) is 1. The molecule has 0 saturated carbocycles. The van der Waals surface area contributed by atoms with Crippen LogP contribution in [0.3, 0.4) is 0 Å². The zero-order valence-corrected chi connectivity index (χ0v) is 9.36. The molecule has 0 aromatic carbocycles. The Morgan fingerprint density at radius 1 is 1.50 bits per heavy atom. The molecule has 0 radical (unpaired) electrons. The monoisotopic (exact) mass is 255 g/mol. The molecule has 0 aliphatic rings. The molecule has 10 heteroatoms. The smallest absolute Gasteiger partial charge is 0.304 e. The standard InChI is InChI=1S/C6H13N3O6S/c1-9(3-2-6(11)12)16(13,14)8-15-4-5(7)10/h8H,2-4H2,1H3,(H2,7,10)(H,11,12). The molecule has 0 unspecified atom stereocenters. The number of carboxylic acid groups (broad SMARTS) is 1. The molecule has 0 atom stereocenters. The fourth-order valence-corrected chi connectivity index (χ4v) is 1.28. The second-order valence-electron chi connectivity index (χ2n) is 2.81. The molecule has 0 fully saturated rings. The summed E-state index contributed by atoms with van der Waals surface area (Å²) in [4.78, 5) is 26.3. The Bertz CT molecular complexity index is 353. The van der Waals surface area contributed by atoms with Crippen molar-refractivity contribution in [2.75, 3.05) is 20.2 Å². The number of hydrogen-bond donors (Lipinski definition) is 3. The van der Waals surface area contributed by atoms with Gasteiger partial charge in [0.25, 0.3) is 0 Å². The van der Waals surface area contributed by atoms with E-state index in [4.69, 9.17) is 10.8 Å². The summed E-state index contributed by atoms with van der Waals surface area (Å²) in [6.07, 6.45) is -0.340. The SMILES string of the molecule is CN(CCC(=O)O)S(=O)(=O)NOCC(N)=O. The van der Waals surface area contributed by atoms with Crippen molar-refractivity contribution in [1.29, 1.82) is 0 Å². The number of primary amides is 1. The lowest BCUT2D eigenvalue weighted by atomic mass is 10.4. The van der Waals surface area contributed by atoms with Gasteiger partial charge in [-0.3, -0.25) is 14.4 Å². The average molecular weight is 255 g/mol. The topological polar surface area (TPSA) is 139 Å². The number of nitrogens with zero attached hydrogens (tertiary/aromatic N) is 1. The highest BCUT2D eigenvalue weighted by molar-refractivity contribution is 7.86. The molecule has 0 rings (SSSR count). The minimum Gasteiger partial charge on any atom is -0.481 e. The van der Waals surface area contributed by atoms with Gasteiger partial charge in [-0.25, -0.2) is 0 Å². The molecule has 0 saturated heterocycles. The second-order valence-corrected chi connectivity index (χ2v) is 4.55. The van der Waals surface area contributed by atoms with E-state index in [-0.39, 0.29) is 13.0 Å². The molecule has 0 heterocycles. The molecule has 4 N–H and O–H groups in total. The number of carboxylic acids is 1. The van der Waals surface area contributed by atoms with E-state index in [0.29, 0.717) is 0 Å². The van der Waals surface area contributed by atoms with Crippen molar-refractivity contribution >= 4 is 22.1 Å². The molecular weight excluding hydrogens is 242 g/mol. The summed E-state index contributed by atoms with van der Waals surface area (Å²) >= 11 is 0.